The summed E-state index contributed by atoms with van der Waals surface area (Å²) >= 11 is 0. The van der Waals surface area contributed by atoms with Crippen LogP contribution in [0, 0.1) is 0 Å². The first kappa shape index (κ1) is 8.59. The summed E-state index contributed by atoms with van der Waals surface area (Å²) in [6.45, 7) is 0. The number of rotatable bonds is 1. The maximum Gasteiger partial charge on any atom is 0.204 e. The van der Waals surface area contributed by atoms with Crippen LogP contribution < -0.4 is 0 Å². The fourth-order valence-corrected chi connectivity index (χ4v) is 0.874. The summed E-state index contributed by atoms with van der Waals surface area (Å²) in [7, 11) is 1.41. The number of methoxy groups -OCH3 is 1. The van der Waals surface area contributed by atoms with Crippen molar-refractivity contribution in [2.24, 2.45) is 0 Å². The van der Waals surface area contributed by atoms with Crippen LogP contribution in [0.15, 0.2) is 35.8 Å². The molecule has 0 aromatic carbocycles. The molecule has 0 amide bonds. The van der Waals surface area contributed by atoms with Gasteiger partial charge in [0, 0.05) is 6.42 Å². The zero-order chi connectivity index (χ0) is 8.97. The summed E-state index contributed by atoms with van der Waals surface area (Å²) in [5, 5.41) is 9.26. The van der Waals surface area contributed by atoms with Crippen LogP contribution in [0.5, 0.6) is 0 Å². The highest BCUT2D eigenvalue weighted by molar-refractivity contribution is 5.95. The van der Waals surface area contributed by atoms with Crippen LogP contribution >= 0.6 is 0 Å². The number of hydrogen-bond acceptors (Lipinski definition) is 3. The Kier molecular flexibility index (Phi) is 2.69. The Labute approximate surface area is 70.7 Å². The second kappa shape index (κ2) is 3.76. The molecule has 0 aliphatic heterocycles. The number of carbonyl (C=O) groups excluding carboxylic acids is 1. The van der Waals surface area contributed by atoms with E-state index in [0.717, 1.165) is 0 Å². The number of ether oxygens (including phenoxy) is 1. The van der Waals surface area contributed by atoms with Crippen LogP contribution in [0.2, 0.25) is 0 Å². The fourth-order valence-electron chi connectivity index (χ4n) is 0.874. The molecule has 1 rings (SSSR count). The van der Waals surface area contributed by atoms with Gasteiger partial charge in [-0.3, -0.25) is 4.79 Å². The molecule has 0 heterocycles. The number of aliphatic hydroxyl groups is 1. The molecule has 0 bridgehead atoms. The molecular formula is C9H10O3. The van der Waals surface area contributed by atoms with E-state index in [-0.39, 0.29) is 23.7 Å². The summed E-state index contributed by atoms with van der Waals surface area (Å²) in [6, 6.07) is 0. The molecule has 0 saturated heterocycles. The molecule has 0 radical (unpaired) electrons. The molecule has 1 aliphatic carbocycles. The number of ketones is 1. The van der Waals surface area contributed by atoms with Gasteiger partial charge in [0.05, 0.1) is 7.11 Å². The number of hydrogen-bond donors (Lipinski definition) is 1. The van der Waals surface area contributed by atoms with Gasteiger partial charge in [-0.05, 0) is 6.08 Å². The zero-order valence-corrected chi connectivity index (χ0v) is 6.78. The fraction of sp³-hybridized carbons (Fsp3) is 0.222. The lowest BCUT2D eigenvalue weighted by molar-refractivity contribution is -0.117. The molecule has 0 aromatic rings. The lowest BCUT2D eigenvalue weighted by atomic mass is 10.1. The van der Waals surface area contributed by atoms with Crippen molar-refractivity contribution in [2.45, 2.75) is 6.42 Å². The molecule has 1 N–H and O–H groups in total. The molecule has 0 saturated carbocycles. The first-order chi connectivity index (χ1) is 5.75. The quantitative estimate of drug-likeness (QED) is 0.641. The average molecular weight is 166 g/mol. The Balaban J connectivity index is 3.01. The van der Waals surface area contributed by atoms with E-state index in [2.05, 4.69) is 0 Å². The van der Waals surface area contributed by atoms with Crippen molar-refractivity contribution in [1.29, 1.82) is 0 Å². The maximum atomic E-state index is 11.1. The van der Waals surface area contributed by atoms with Gasteiger partial charge in [0.2, 0.25) is 11.5 Å². The van der Waals surface area contributed by atoms with Crippen molar-refractivity contribution in [3.8, 4) is 0 Å². The molecule has 64 valence electrons. The monoisotopic (exact) mass is 166 g/mol. The van der Waals surface area contributed by atoms with Crippen LogP contribution in [0.4, 0.5) is 0 Å². The molecular weight excluding hydrogens is 156 g/mol. The lowest BCUT2D eigenvalue weighted by Gasteiger charge is -2.04. The minimum absolute atomic E-state index is 0.211. The van der Waals surface area contributed by atoms with Gasteiger partial charge in [0.1, 0.15) is 0 Å². The van der Waals surface area contributed by atoms with E-state index in [1.165, 1.54) is 7.11 Å². The molecule has 0 fully saturated rings. The van der Waals surface area contributed by atoms with Crippen molar-refractivity contribution >= 4 is 5.78 Å². The first-order valence-corrected chi connectivity index (χ1v) is 3.59. The van der Waals surface area contributed by atoms with Crippen molar-refractivity contribution in [3.63, 3.8) is 0 Å². The third-order valence-corrected chi connectivity index (χ3v) is 1.52. The Morgan fingerprint density at radius 1 is 1.50 bits per heavy atom. The topological polar surface area (TPSA) is 46.5 Å². The molecule has 3 heteroatoms. The summed E-state index contributed by atoms with van der Waals surface area (Å²) in [5.74, 6) is -0.421. The minimum Gasteiger partial charge on any atom is -0.502 e. The van der Waals surface area contributed by atoms with E-state index in [0.29, 0.717) is 0 Å². The normalized spacial score (nSPS) is 28.9. The lowest BCUT2D eigenvalue weighted by Crippen LogP contribution is -2.05. The number of allylic oxidation sites excluding steroid dienone is 5. The van der Waals surface area contributed by atoms with E-state index in [1.54, 1.807) is 24.3 Å². The van der Waals surface area contributed by atoms with Gasteiger partial charge in [-0.15, -0.1) is 0 Å². The maximum absolute atomic E-state index is 11.1. The summed E-state index contributed by atoms with van der Waals surface area (Å²) < 4.78 is 4.80. The predicted molar refractivity (Wildman–Crippen MR) is 44.6 cm³/mol. The molecule has 0 unspecified atom stereocenters. The summed E-state index contributed by atoms with van der Waals surface area (Å²) in [4.78, 5) is 11.1. The Bertz CT molecular complexity index is 271. The smallest absolute Gasteiger partial charge is 0.204 e. The molecule has 0 spiro atoms. The van der Waals surface area contributed by atoms with Crippen molar-refractivity contribution in [2.75, 3.05) is 7.11 Å². The standard InChI is InChI=1S/C9H10O3/c1-12-8-6-4-2-3-5-7(10)9(8)11/h2-4,6,11H,5H2,1H3/b3-2+,6-4-,9-8-. The predicted octanol–water partition coefficient (Wildman–Crippen LogP) is 1.49. The van der Waals surface area contributed by atoms with Crippen LogP contribution in [-0.4, -0.2) is 18.0 Å². The molecule has 12 heavy (non-hydrogen) atoms. The van der Waals surface area contributed by atoms with Gasteiger partial charge in [0.25, 0.3) is 0 Å². The van der Waals surface area contributed by atoms with Crippen LogP contribution in [0.1, 0.15) is 6.42 Å². The highest BCUT2D eigenvalue weighted by Gasteiger charge is 2.12. The molecule has 3 nitrogen and oxygen atoms in total. The third kappa shape index (κ3) is 1.75. The summed E-state index contributed by atoms with van der Waals surface area (Å²) in [6.07, 6.45) is 6.89. The number of carbonyl (C=O) groups is 1. The van der Waals surface area contributed by atoms with Gasteiger partial charge in [0.15, 0.2) is 5.76 Å². The average Bonchev–Trinajstić information content (AvgIpc) is 2.07. The van der Waals surface area contributed by atoms with E-state index < -0.39 is 0 Å². The van der Waals surface area contributed by atoms with Gasteiger partial charge < -0.3 is 9.84 Å². The van der Waals surface area contributed by atoms with Crippen LogP contribution in [0.25, 0.3) is 0 Å². The Hall–Kier alpha value is -1.51. The highest BCUT2D eigenvalue weighted by Crippen LogP contribution is 2.10. The first-order valence-electron chi connectivity index (χ1n) is 3.59. The molecule has 1 aliphatic rings. The van der Waals surface area contributed by atoms with Crippen LogP contribution in [-0.2, 0) is 9.53 Å². The van der Waals surface area contributed by atoms with E-state index in [4.69, 9.17) is 4.74 Å². The van der Waals surface area contributed by atoms with Crippen LogP contribution in [0.3, 0.4) is 0 Å². The van der Waals surface area contributed by atoms with E-state index in [9.17, 15) is 9.90 Å². The zero-order valence-electron chi connectivity index (χ0n) is 6.78. The van der Waals surface area contributed by atoms with Gasteiger partial charge in [-0.25, -0.2) is 0 Å². The molecule has 0 aromatic heterocycles. The van der Waals surface area contributed by atoms with Crippen molar-refractivity contribution in [3.05, 3.63) is 35.8 Å². The van der Waals surface area contributed by atoms with Gasteiger partial charge in [-0.1, -0.05) is 18.2 Å². The SMILES string of the molecule is COC1=C(\O)C(=O)C/C=C/C=C\1. The second-order valence-corrected chi connectivity index (χ2v) is 2.33. The Morgan fingerprint density at radius 2 is 2.25 bits per heavy atom. The number of aliphatic hydroxyl groups excluding tert-OH is 1. The van der Waals surface area contributed by atoms with E-state index >= 15 is 0 Å². The molecule has 0 atom stereocenters. The van der Waals surface area contributed by atoms with E-state index in [1.807, 2.05) is 0 Å². The number of Topliss-reactive ketones (excluding diaryl/α,β-unsaturated/α-hetero) is 1. The van der Waals surface area contributed by atoms with Gasteiger partial charge in [-0.2, -0.15) is 0 Å². The second-order valence-electron chi connectivity index (χ2n) is 2.33. The van der Waals surface area contributed by atoms with Crippen molar-refractivity contribution < 1.29 is 14.6 Å². The summed E-state index contributed by atoms with van der Waals surface area (Å²) in [5.41, 5.74) is 0. The largest absolute Gasteiger partial charge is 0.502 e. The Morgan fingerprint density at radius 3 is 2.92 bits per heavy atom. The highest BCUT2D eigenvalue weighted by atomic mass is 16.5. The minimum atomic E-state index is -0.326. The van der Waals surface area contributed by atoms with Gasteiger partial charge >= 0.3 is 0 Å². The third-order valence-electron chi connectivity index (χ3n) is 1.52. The van der Waals surface area contributed by atoms with Crippen molar-refractivity contribution in [1.82, 2.24) is 0 Å².